The molecule has 1 saturated heterocycles. The molecule has 0 saturated carbocycles. The van der Waals surface area contributed by atoms with Gasteiger partial charge in [0.05, 0.1) is 29.9 Å². The van der Waals surface area contributed by atoms with Gasteiger partial charge < -0.3 is 19.5 Å². The Labute approximate surface area is 177 Å². The molecular formula is C21H20N4O6. The molecule has 1 N–H and O–H groups in total. The van der Waals surface area contributed by atoms with Crippen molar-refractivity contribution in [2.75, 3.05) is 38.2 Å². The maximum absolute atomic E-state index is 12.7. The molecule has 0 bridgehead atoms. The Morgan fingerprint density at radius 1 is 1.03 bits per heavy atom. The summed E-state index contributed by atoms with van der Waals surface area (Å²) in [6, 6.07) is 7.61. The van der Waals surface area contributed by atoms with Gasteiger partial charge in [0.25, 0.3) is 23.3 Å². The van der Waals surface area contributed by atoms with E-state index < -0.39 is 29.8 Å². The number of imide groups is 1. The number of nitrogens with zero attached hydrogens (tertiary/aromatic N) is 3. The number of morpholine rings is 1. The van der Waals surface area contributed by atoms with Crippen LogP contribution in [0, 0.1) is 0 Å². The Bertz CT molecular complexity index is 1110. The van der Waals surface area contributed by atoms with E-state index in [1.807, 2.05) is 0 Å². The topological polar surface area (TPSA) is 118 Å². The molecule has 4 rings (SSSR count). The third-order valence-corrected chi connectivity index (χ3v) is 5.18. The van der Waals surface area contributed by atoms with Gasteiger partial charge in [-0.05, 0) is 18.2 Å². The van der Waals surface area contributed by atoms with Gasteiger partial charge in [-0.25, -0.2) is 0 Å². The molecule has 0 spiro atoms. The Kier molecular flexibility index (Phi) is 5.38. The highest BCUT2D eigenvalue weighted by Crippen LogP contribution is 2.22. The Hall–Kier alpha value is -3.79. The summed E-state index contributed by atoms with van der Waals surface area (Å²) < 4.78 is 6.44. The Morgan fingerprint density at radius 3 is 2.26 bits per heavy atom. The fraction of sp³-hybridized carbons (Fsp3) is 0.286. The normalized spacial score (nSPS) is 15.8. The summed E-state index contributed by atoms with van der Waals surface area (Å²) in [6.07, 6.45) is 1.40. The van der Waals surface area contributed by atoms with Crippen molar-refractivity contribution in [3.63, 3.8) is 0 Å². The van der Waals surface area contributed by atoms with Crippen molar-refractivity contribution >= 4 is 29.3 Å². The van der Waals surface area contributed by atoms with Crippen LogP contribution in [-0.4, -0.2) is 70.8 Å². The van der Waals surface area contributed by atoms with Crippen LogP contribution in [0.15, 0.2) is 41.3 Å². The number of aromatic nitrogens is 1. The highest BCUT2D eigenvalue weighted by atomic mass is 16.5. The first-order valence-electron chi connectivity index (χ1n) is 9.69. The first-order valence-corrected chi connectivity index (χ1v) is 9.69. The highest BCUT2D eigenvalue weighted by molar-refractivity contribution is 6.22. The number of rotatable bonds is 4. The molecule has 0 unspecified atom stereocenters. The molecule has 2 aromatic rings. The van der Waals surface area contributed by atoms with Crippen LogP contribution in [0.1, 0.15) is 31.1 Å². The van der Waals surface area contributed by atoms with E-state index in [0.717, 1.165) is 4.90 Å². The molecule has 1 aromatic heterocycles. The van der Waals surface area contributed by atoms with Crippen molar-refractivity contribution in [3.05, 3.63) is 63.6 Å². The standard InChI is InChI=1S/C21H20N4O6/c1-23-11-13(18(27)24-6-8-31-9-7-24)10-16(21(23)30)22-17(26)12-25-19(28)14-4-2-3-5-15(14)20(25)29/h2-5,10-11H,6-9,12H2,1H3,(H,22,26). The fourth-order valence-corrected chi connectivity index (χ4v) is 3.58. The fourth-order valence-electron chi connectivity index (χ4n) is 3.58. The lowest BCUT2D eigenvalue weighted by atomic mass is 10.1. The summed E-state index contributed by atoms with van der Waals surface area (Å²) in [4.78, 5) is 65.0. The summed E-state index contributed by atoms with van der Waals surface area (Å²) in [5.41, 5.74) is 0.0705. The van der Waals surface area contributed by atoms with Crippen LogP contribution in [0.2, 0.25) is 0 Å². The molecule has 1 fully saturated rings. The summed E-state index contributed by atoms with van der Waals surface area (Å²) in [6.45, 7) is 1.19. The van der Waals surface area contributed by atoms with Gasteiger partial charge in [-0.15, -0.1) is 0 Å². The van der Waals surface area contributed by atoms with E-state index in [1.54, 1.807) is 17.0 Å². The first kappa shape index (κ1) is 20.5. The quantitative estimate of drug-likeness (QED) is 0.696. The first-order chi connectivity index (χ1) is 14.9. The Morgan fingerprint density at radius 2 is 1.65 bits per heavy atom. The zero-order valence-corrected chi connectivity index (χ0v) is 16.8. The SMILES string of the molecule is Cn1cc(C(=O)N2CCOCC2)cc(NC(=O)CN2C(=O)c3ccccc3C2=O)c1=O. The number of carbonyl (C=O) groups excluding carboxylic acids is 4. The van der Waals surface area contributed by atoms with E-state index in [9.17, 15) is 24.0 Å². The predicted octanol–water partition coefficient (Wildman–Crippen LogP) is 0.0924. The summed E-state index contributed by atoms with van der Waals surface area (Å²) >= 11 is 0. The minimum Gasteiger partial charge on any atom is -0.378 e. The zero-order valence-electron chi connectivity index (χ0n) is 16.8. The number of ether oxygens (including phenoxy) is 1. The van der Waals surface area contributed by atoms with Crippen molar-refractivity contribution in [2.24, 2.45) is 7.05 Å². The second-order valence-electron chi connectivity index (χ2n) is 7.25. The van der Waals surface area contributed by atoms with Gasteiger partial charge in [-0.2, -0.15) is 0 Å². The van der Waals surface area contributed by atoms with Crippen LogP contribution in [0.4, 0.5) is 5.69 Å². The van der Waals surface area contributed by atoms with Gasteiger partial charge in [0.15, 0.2) is 0 Å². The number of hydrogen-bond donors (Lipinski definition) is 1. The lowest BCUT2D eigenvalue weighted by Crippen LogP contribution is -2.41. The van der Waals surface area contributed by atoms with Crippen LogP contribution in [-0.2, 0) is 16.6 Å². The Balaban J connectivity index is 1.51. The predicted molar refractivity (Wildman–Crippen MR) is 109 cm³/mol. The molecule has 0 aliphatic carbocycles. The molecule has 31 heavy (non-hydrogen) atoms. The number of benzene rings is 1. The van der Waals surface area contributed by atoms with Gasteiger partial charge >= 0.3 is 0 Å². The van der Waals surface area contributed by atoms with Crippen molar-refractivity contribution < 1.29 is 23.9 Å². The number of aryl methyl sites for hydroxylation is 1. The molecule has 3 heterocycles. The van der Waals surface area contributed by atoms with Gasteiger partial charge in [0, 0.05) is 26.3 Å². The minimum atomic E-state index is -0.720. The molecular weight excluding hydrogens is 404 g/mol. The number of pyridine rings is 1. The van der Waals surface area contributed by atoms with Crippen LogP contribution in [0.5, 0.6) is 0 Å². The van der Waals surface area contributed by atoms with E-state index in [4.69, 9.17) is 4.74 Å². The molecule has 0 atom stereocenters. The monoisotopic (exact) mass is 424 g/mol. The number of anilines is 1. The molecule has 160 valence electrons. The lowest BCUT2D eigenvalue weighted by Gasteiger charge is -2.27. The van der Waals surface area contributed by atoms with Gasteiger partial charge in [-0.1, -0.05) is 12.1 Å². The van der Waals surface area contributed by atoms with Crippen LogP contribution >= 0.6 is 0 Å². The largest absolute Gasteiger partial charge is 0.378 e. The summed E-state index contributed by atoms with van der Waals surface area (Å²) in [5, 5.41) is 2.43. The summed E-state index contributed by atoms with van der Waals surface area (Å²) in [7, 11) is 1.47. The van der Waals surface area contributed by atoms with Gasteiger partial charge in [0.2, 0.25) is 5.91 Å². The van der Waals surface area contributed by atoms with Crippen molar-refractivity contribution in [1.82, 2.24) is 14.4 Å². The van der Waals surface area contributed by atoms with Crippen LogP contribution in [0.3, 0.4) is 0 Å². The number of nitrogens with one attached hydrogen (secondary N) is 1. The maximum Gasteiger partial charge on any atom is 0.274 e. The maximum atomic E-state index is 12.7. The number of hydrogen-bond acceptors (Lipinski definition) is 6. The minimum absolute atomic E-state index is 0.108. The van der Waals surface area contributed by atoms with E-state index in [1.165, 1.54) is 36.0 Å². The van der Waals surface area contributed by atoms with Crippen molar-refractivity contribution in [1.29, 1.82) is 0 Å². The van der Waals surface area contributed by atoms with Crippen LogP contribution in [0.25, 0.3) is 0 Å². The third kappa shape index (κ3) is 3.84. The smallest absolute Gasteiger partial charge is 0.274 e. The number of fused-ring (bicyclic) bond motifs is 1. The average Bonchev–Trinajstić information content (AvgIpc) is 3.02. The van der Waals surface area contributed by atoms with Crippen molar-refractivity contribution in [3.8, 4) is 0 Å². The molecule has 10 nitrogen and oxygen atoms in total. The zero-order chi connectivity index (χ0) is 22.1. The second kappa shape index (κ2) is 8.15. The number of amides is 4. The molecule has 0 radical (unpaired) electrons. The highest BCUT2D eigenvalue weighted by Gasteiger charge is 2.36. The molecule has 1 aromatic carbocycles. The molecule has 2 aliphatic heterocycles. The van der Waals surface area contributed by atoms with Crippen LogP contribution < -0.4 is 10.9 Å². The van der Waals surface area contributed by atoms with Crippen molar-refractivity contribution in [2.45, 2.75) is 0 Å². The lowest BCUT2D eigenvalue weighted by molar-refractivity contribution is -0.116. The average molecular weight is 424 g/mol. The second-order valence-corrected chi connectivity index (χ2v) is 7.25. The van der Waals surface area contributed by atoms with E-state index in [0.29, 0.717) is 26.3 Å². The van der Waals surface area contributed by atoms with E-state index in [-0.39, 0.29) is 28.3 Å². The van der Waals surface area contributed by atoms with Gasteiger partial charge in [-0.3, -0.25) is 28.9 Å². The van der Waals surface area contributed by atoms with E-state index >= 15 is 0 Å². The molecule has 4 amide bonds. The van der Waals surface area contributed by atoms with Gasteiger partial charge in [0.1, 0.15) is 12.2 Å². The summed E-state index contributed by atoms with van der Waals surface area (Å²) in [5.74, 6) is -2.14. The molecule has 2 aliphatic rings. The van der Waals surface area contributed by atoms with E-state index in [2.05, 4.69) is 5.32 Å². The number of carbonyl (C=O) groups is 4. The molecule has 10 heteroatoms. The third-order valence-electron chi connectivity index (χ3n) is 5.18.